The van der Waals surface area contributed by atoms with Crippen molar-refractivity contribution in [1.82, 2.24) is 5.32 Å². The number of benzene rings is 2. The zero-order valence-electron chi connectivity index (χ0n) is 17.9. The summed E-state index contributed by atoms with van der Waals surface area (Å²) in [4.78, 5) is 13.0. The van der Waals surface area contributed by atoms with Crippen LogP contribution in [0.3, 0.4) is 0 Å². The van der Waals surface area contributed by atoms with Crippen LogP contribution in [0.15, 0.2) is 48.5 Å². The van der Waals surface area contributed by atoms with Crippen LogP contribution in [0.5, 0.6) is 5.75 Å². The molecular weight excluding hydrogens is 407 g/mol. The molecule has 2 rings (SSSR count). The summed E-state index contributed by atoms with van der Waals surface area (Å²) in [5.74, 6) is -0.239. The fraction of sp³-hybridized carbons (Fsp3) is 0.409. The highest BCUT2D eigenvalue weighted by atomic mass is 32.2. The number of rotatable bonds is 9. The molecule has 2 atom stereocenters. The molecule has 8 heteroatoms. The number of nitrogens with zero attached hydrogens (tertiary/aromatic N) is 1. The lowest BCUT2D eigenvalue weighted by Gasteiger charge is -2.30. The van der Waals surface area contributed by atoms with E-state index < -0.39 is 27.8 Å². The number of carbonyl (C=O) groups excluding carboxylic acids is 1. The van der Waals surface area contributed by atoms with Gasteiger partial charge in [-0.05, 0) is 49.1 Å². The van der Waals surface area contributed by atoms with E-state index in [9.17, 15) is 17.6 Å². The van der Waals surface area contributed by atoms with Crippen LogP contribution in [0, 0.1) is 11.7 Å². The van der Waals surface area contributed by atoms with Crippen LogP contribution in [0.2, 0.25) is 0 Å². The van der Waals surface area contributed by atoms with Crippen molar-refractivity contribution in [2.75, 3.05) is 17.7 Å². The van der Waals surface area contributed by atoms with E-state index in [-0.39, 0.29) is 17.6 Å². The summed E-state index contributed by atoms with van der Waals surface area (Å²) in [6.45, 7) is 5.52. The quantitative estimate of drug-likeness (QED) is 0.647. The molecule has 2 aromatic rings. The summed E-state index contributed by atoms with van der Waals surface area (Å²) in [5.41, 5.74) is 0.717. The minimum atomic E-state index is -3.90. The maximum atomic E-state index is 14.3. The Balaban J connectivity index is 2.32. The van der Waals surface area contributed by atoms with Crippen molar-refractivity contribution in [3.05, 3.63) is 59.9 Å². The maximum Gasteiger partial charge on any atom is 0.244 e. The molecule has 0 bridgehead atoms. The summed E-state index contributed by atoms with van der Waals surface area (Å²) in [7, 11) is -2.33. The molecule has 0 heterocycles. The topological polar surface area (TPSA) is 75.7 Å². The van der Waals surface area contributed by atoms with Crippen molar-refractivity contribution < 1.29 is 22.3 Å². The van der Waals surface area contributed by atoms with E-state index in [1.54, 1.807) is 19.2 Å². The smallest absolute Gasteiger partial charge is 0.244 e. The molecule has 6 nitrogen and oxygen atoms in total. The number of sulfonamides is 1. The summed E-state index contributed by atoms with van der Waals surface area (Å²) >= 11 is 0. The predicted octanol–water partition coefficient (Wildman–Crippen LogP) is 3.89. The lowest BCUT2D eigenvalue weighted by atomic mass is 9.96. The number of ether oxygens (including phenoxy) is 1. The number of hydrogen-bond acceptors (Lipinski definition) is 4. The van der Waals surface area contributed by atoms with Gasteiger partial charge in [0.2, 0.25) is 15.9 Å². The first kappa shape index (κ1) is 23.7. The monoisotopic (exact) mass is 436 g/mol. The molecule has 0 aromatic heterocycles. The fourth-order valence-electron chi connectivity index (χ4n) is 3.29. The first-order valence-electron chi connectivity index (χ1n) is 9.72. The normalized spacial score (nSPS) is 13.6. The van der Waals surface area contributed by atoms with E-state index in [0.717, 1.165) is 22.2 Å². The van der Waals surface area contributed by atoms with Gasteiger partial charge >= 0.3 is 0 Å². The molecule has 0 radical (unpaired) electrons. The highest BCUT2D eigenvalue weighted by Gasteiger charge is 2.32. The van der Waals surface area contributed by atoms with E-state index in [0.29, 0.717) is 12.2 Å². The van der Waals surface area contributed by atoms with E-state index in [4.69, 9.17) is 4.74 Å². The molecule has 0 saturated heterocycles. The number of hydrogen-bond donors (Lipinski definition) is 1. The molecule has 164 valence electrons. The minimum Gasteiger partial charge on any atom is -0.497 e. The molecule has 30 heavy (non-hydrogen) atoms. The Labute approximate surface area is 178 Å². The van der Waals surface area contributed by atoms with Crippen molar-refractivity contribution in [3.63, 3.8) is 0 Å². The maximum absolute atomic E-state index is 14.3. The Morgan fingerprint density at radius 1 is 1.10 bits per heavy atom. The van der Waals surface area contributed by atoms with Gasteiger partial charge in [-0.15, -0.1) is 0 Å². The summed E-state index contributed by atoms with van der Waals surface area (Å²) in [5, 5.41) is 2.94. The van der Waals surface area contributed by atoms with E-state index >= 15 is 0 Å². The average Bonchev–Trinajstić information content (AvgIpc) is 2.67. The van der Waals surface area contributed by atoms with Gasteiger partial charge < -0.3 is 10.1 Å². The Morgan fingerprint density at radius 3 is 2.20 bits per heavy atom. The Hall–Kier alpha value is -2.61. The zero-order valence-corrected chi connectivity index (χ0v) is 18.7. The van der Waals surface area contributed by atoms with Gasteiger partial charge in [0.1, 0.15) is 17.6 Å². The third-order valence-corrected chi connectivity index (χ3v) is 5.95. The SMILES string of the molecule is COc1ccc([C@@H](CC(C)C)NC(=O)[C@@H](C)N(c2ccccc2F)S(C)(=O)=O)cc1. The Morgan fingerprint density at radius 2 is 1.70 bits per heavy atom. The molecule has 1 N–H and O–H groups in total. The molecule has 2 aromatic carbocycles. The molecule has 0 aliphatic heterocycles. The van der Waals surface area contributed by atoms with Crippen LogP contribution in [0.4, 0.5) is 10.1 Å². The van der Waals surface area contributed by atoms with Gasteiger partial charge in [-0.3, -0.25) is 9.10 Å². The van der Waals surface area contributed by atoms with Gasteiger partial charge in [-0.1, -0.05) is 38.1 Å². The average molecular weight is 437 g/mol. The number of carbonyl (C=O) groups is 1. The van der Waals surface area contributed by atoms with Crippen LogP contribution in [0.1, 0.15) is 38.8 Å². The number of anilines is 1. The van der Waals surface area contributed by atoms with Crippen molar-refractivity contribution in [2.45, 2.75) is 39.3 Å². The van der Waals surface area contributed by atoms with Crippen LogP contribution >= 0.6 is 0 Å². The second-order valence-electron chi connectivity index (χ2n) is 7.65. The predicted molar refractivity (Wildman–Crippen MR) is 117 cm³/mol. The number of methoxy groups -OCH3 is 1. The largest absolute Gasteiger partial charge is 0.497 e. The summed E-state index contributed by atoms with van der Waals surface area (Å²) < 4.78 is 45.1. The molecule has 0 unspecified atom stereocenters. The van der Waals surface area contributed by atoms with E-state index in [2.05, 4.69) is 5.32 Å². The first-order valence-corrected chi connectivity index (χ1v) is 11.6. The third-order valence-electron chi connectivity index (χ3n) is 4.72. The molecular formula is C22H29FN2O4S. The van der Waals surface area contributed by atoms with Crippen molar-refractivity contribution in [2.24, 2.45) is 5.92 Å². The molecule has 0 aliphatic carbocycles. The number of nitrogens with one attached hydrogen (secondary N) is 1. The summed E-state index contributed by atoms with van der Waals surface area (Å²) in [6, 6.07) is 11.4. The van der Waals surface area contributed by atoms with Gasteiger partial charge in [0.15, 0.2) is 0 Å². The highest BCUT2D eigenvalue weighted by molar-refractivity contribution is 7.92. The Bertz CT molecular complexity index is 961. The second kappa shape index (κ2) is 9.93. The van der Waals surface area contributed by atoms with Gasteiger partial charge in [-0.25, -0.2) is 12.8 Å². The number of amides is 1. The van der Waals surface area contributed by atoms with Crippen LogP contribution in [0.25, 0.3) is 0 Å². The minimum absolute atomic E-state index is 0.160. The first-order chi connectivity index (χ1) is 14.0. The van der Waals surface area contributed by atoms with Gasteiger partial charge in [-0.2, -0.15) is 0 Å². The van der Waals surface area contributed by atoms with Crippen molar-refractivity contribution in [1.29, 1.82) is 0 Å². The highest BCUT2D eigenvalue weighted by Crippen LogP contribution is 2.27. The van der Waals surface area contributed by atoms with Crippen molar-refractivity contribution in [3.8, 4) is 5.75 Å². The molecule has 0 aliphatic rings. The van der Waals surface area contributed by atoms with Gasteiger partial charge in [0.25, 0.3) is 0 Å². The molecule has 1 amide bonds. The zero-order chi connectivity index (χ0) is 22.5. The lowest BCUT2D eigenvalue weighted by Crippen LogP contribution is -2.49. The third kappa shape index (κ3) is 5.95. The fourth-order valence-corrected chi connectivity index (χ4v) is 4.47. The van der Waals surface area contributed by atoms with E-state index in [1.165, 1.54) is 25.1 Å². The number of para-hydroxylation sites is 1. The van der Waals surface area contributed by atoms with E-state index in [1.807, 2.05) is 26.0 Å². The molecule has 0 fully saturated rings. The van der Waals surface area contributed by atoms with Crippen molar-refractivity contribution >= 4 is 21.6 Å². The standard InChI is InChI=1S/C22H29FN2O4S/c1-15(2)14-20(17-10-12-18(29-4)13-11-17)24-22(26)16(3)25(30(5,27)28)21-9-7-6-8-19(21)23/h6-13,15-16,20H,14H2,1-5H3,(H,24,26)/t16-,20-/m1/s1. The van der Waals surface area contributed by atoms with Gasteiger partial charge in [0, 0.05) is 0 Å². The molecule has 0 spiro atoms. The van der Waals surface area contributed by atoms with Crippen LogP contribution in [-0.4, -0.2) is 33.7 Å². The van der Waals surface area contributed by atoms with Gasteiger partial charge in [0.05, 0.1) is 25.1 Å². The number of halogens is 1. The molecule has 0 saturated carbocycles. The second-order valence-corrected chi connectivity index (χ2v) is 9.51. The Kier molecular flexibility index (Phi) is 7.83. The lowest BCUT2D eigenvalue weighted by molar-refractivity contribution is -0.122. The summed E-state index contributed by atoms with van der Waals surface area (Å²) in [6.07, 6.45) is 1.61. The van der Waals surface area contributed by atoms with Crippen LogP contribution in [-0.2, 0) is 14.8 Å². The van der Waals surface area contributed by atoms with Crippen LogP contribution < -0.4 is 14.4 Å².